The normalized spacial score (nSPS) is 10.1. The molecule has 0 aliphatic rings. The Labute approximate surface area is 88.4 Å². The van der Waals surface area contributed by atoms with Crippen LogP contribution >= 0.6 is 0 Å². The highest BCUT2D eigenvalue weighted by Crippen LogP contribution is 2.31. The fourth-order valence-electron chi connectivity index (χ4n) is 1.24. The van der Waals surface area contributed by atoms with Crippen LogP contribution in [0.5, 0.6) is 11.5 Å². The minimum atomic E-state index is -0.413. The van der Waals surface area contributed by atoms with Crippen molar-refractivity contribution in [1.29, 1.82) is 0 Å². The van der Waals surface area contributed by atoms with E-state index in [0.717, 1.165) is 0 Å². The second-order valence-electron chi connectivity index (χ2n) is 3.00. The summed E-state index contributed by atoms with van der Waals surface area (Å²) in [4.78, 5) is 0. The Bertz CT molecular complexity index is 280. The van der Waals surface area contributed by atoms with E-state index in [2.05, 4.69) is 0 Å². The molecule has 1 aromatic carbocycles. The van der Waals surface area contributed by atoms with E-state index in [1.54, 1.807) is 18.2 Å². The number of aliphatic hydroxyl groups is 1. The lowest BCUT2D eigenvalue weighted by atomic mass is 10.2. The highest BCUT2D eigenvalue weighted by atomic mass is 19.1. The predicted molar refractivity (Wildman–Crippen MR) is 55.0 cm³/mol. The summed E-state index contributed by atoms with van der Waals surface area (Å²) >= 11 is 0. The SMILES string of the molecule is COc1cccc(CO)c1OCCCF. The Kier molecular flexibility index (Phi) is 4.90. The second kappa shape index (κ2) is 6.24. The molecule has 0 heterocycles. The molecule has 0 aliphatic carbocycles. The van der Waals surface area contributed by atoms with Crippen LogP contribution in [0.15, 0.2) is 18.2 Å². The molecule has 84 valence electrons. The van der Waals surface area contributed by atoms with Gasteiger partial charge >= 0.3 is 0 Å². The van der Waals surface area contributed by atoms with Crippen molar-refractivity contribution in [2.24, 2.45) is 0 Å². The van der Waals surface area contributed by atoms with Crippen LogP contribution in [-0.2, 0) is 6.61 Å². The number of halogens is 1. The molecular weight excluding hydrogens is 199 g/mol. The van der Waals surface area contributed by atoms with Crippen molar-refractivity contribution in [3.05, 3.63) is 23.8 Å². The van der Waals surface area contributed by atoms with Crippen molar-refractivity contribution in [3.63, 3.8) is 0 Å². The number of ether oxygens (including phenoxy) is 2. The number of aliphatic hydroxyl groups excluding tert-OH is 1. The molecular formula is C11H15FO3. The van der Waals surface area contributed by atoms with Gasteiger partial charge in [0.1, 0.15) is 0 Å². The molecule has 0 bridgehead atoms. The molecule has 0 atom stereocenters. The van der Waals surface area contributed by atoms with Crippen LogP contribution in [-0.4, -0.2) is 25.5 Å². The molecule has 3 nitrogen and oxygen atoms in total. The van der Waals surface area contributed by atoms with Crippen molar-refractivity contribution in [2.75, 3.05) is 20.4 Å². The van der Waals surface area contributed by atoms with Crippen LogP contribution in [0.4, 0.5) is 4.39 Å². The standard InChI is InChI=1S/C11H15FO3/c1-14-10-5-2-4-9(8-13)11(10)15-7-3-6-12/h2,4-5,13H,3,6-8H2,1H3. The minimum absolute atomic E-state index is 0.123. The summed E-state index contributed by atoms with van der Waals surface area (Å²) in [7, 11) is 1.53. The van der Waals surface area contributed by atoms with Gasteiger partial charge < -0.3 is 14.6 Å². The van der Waals surface area contributed by atoms with Crippen LogP contribution in [0.25, 0.3) is 0 Å². The maximum atomic E-state index is 11.9. The highest BCUT2D eigenvalue weighted by Gasteiger charge is 2.09. The number of hydrogen-bond donors (Lipinski definition) is 1. The average Bonchev–Trinajstić information content (AvgIpc) is 2.29. The zero-order valence-corrected chi connectivity index (χ0v) is 8.70. The monoisotopic (exact) mass is 214 g/mol. The van der Waals surface area contributed by atoms with E-state index < -0.39 is 6.67 Å². The minimum Gasteiger partial charge on any atom is -0.493 e. The van der Waals surface area contributed by atoms with Crippen LogP contribution in [0.3, 0.4) is 0 Å². The number of alkyl halides is 1. The molecule has 15 heavy (non-hydrogen) atoms. The molecule has 4 heteroatoms. The molecule has 1 N–H and O–H groups in total. The quantitative estimate of drug-likeness (QED) is 0.735. The Balaban J connectivity index is 2.80. The third-order valence-electron chi connectivity index (χ3n) is 1.98. The van der Waals surface area contributed by atoms with Crippen LogP contribution in [0, 0.1) is 0 Å². The number of methoxy groups -OCH3 is 1. The smallest absolute Gasteiger partial charge is 0.166 e. The van der Waals surface area contributed by atoms with Crippen LogP contribution in [0.1, 0.15) is 12.0 Å². The Morgan fingerprint density at radius 3 is 2.80 bits per heavy atom. The van der Waals surface area contributed by atoms with Gasteiger partial charge in [0, 0.05) is 12.0 Å². The third-order valence-corrected chi connectivity index (χ3v) is 1.98. The molecule has 1 aromatic rings. The number of rotatable bonds is 6. The first kappa shape index (κ1) is 11.8. The Morgan fingerprint density at radius 1 is 1.40 bits per heavy atom. The van der Waals surface area contributed by atoms with Crippen molar-refractivity contribution in [2.45, 2.75) is 13.0 Å². The van der Waals surface area contributed by atoms with Gasteiger partial charge in [-0.05, 0) is 6.07 Å². The molecule has 0 saturated carbocycles. The lowest BCUT2D eigenvalue weighted by Gasteiger charge is -2.13. The number of benzene rings is 1. The van der Waals surface area contributed by atoms with E-state index >= 15 is 0 Å². The molecule has 0 aromatic heterocycles. The zero-order valence-electron chi connectivity index (χ0n) is 8.70. The summed E-state index contributed by atoms with van der Waals surface area (Å²) in [5.74, 6) is 1.05. The largest absolute Gasteiger partial charge is 0.493 e. The van der Waals surface area contributed by atoms with Gasteiger partial charge in [-0.25, -0.2) is 0 Å². The van der Waals surface area contributed by atoms with Gasteiger partial charge in [-0.15, -0.1) is 0 Å². The zero-order chi connectivity index (χ0) is 11.1. The number of para-hydroxylation sites is 1. The van der Waals surface area contributed by atoms with Gasteiger partial charge in [0.05, 0.1) is 27.0 Å². The molecule has 0 radical (unpaired) electrons. The fourth-order valence-corrected chi connectivity index (χ4v) is 1.24. The van der Waals surface area contributed by atoms with E-state index in [0.29, 0.717) is 23.5 Å². The van der Waals surface area contributed by atoms with Crippen LogP contribution in [0.2, 0.25) is 0 Å². The lowest BCUT2D eigenvalue weighted by Crippen LogP contribution is -2.03. The van der Waals surface area contributed by atoms with E-state index in [1.807, 2.05) is 0 Å². The van der Waals surface area contributed by atoms with Gasteiger partial charge in [-0.3, -0.25) is 4.39 Å². The molecule has 0 unspecified atom stereocenters. The first-order valence-electron chi connectivity index (χ1n) is 4.79. The molecule has 0 saturated heterocycles. The average molecular weight is 214 g/mol. The van der Waals surface area contributed by atoms with Crippen LogP contribution < -0.4 is 9.47 Å². The highest BCUT2D eigenvalue weighted by molar-refractivity contribution is 5.46. The molecule has 0 amide bonds. The summed E-state index contributed by atoms with van der Waals surface area (Å²) in [6, 6.07) is 5.25. The Morgan fingerprint density at radius 2 is 2.20 bits per heavy atom. The van der Waals surface area contributed by atoms with E-state index in [9.17, 15) is 4.39 Å². The summed E-state index contributed by atoms with van der Waals surface area (Å²) in [5.41, 5.74) is 0.646. The molecule has 1 rings (SSSR count). The topological polar surface area (TPSA) is 38.7 Å². The fraction of sp³-hybridized carbons (Fsp3) is 0.455. The van der Waals surface area contributed by atoms with Gasteiger partial charge in [0.25, 0.3) is 0 Å². The maximum Gasteiger partial charge on any atom is 0.166 e. The Hall–Kier alpha value is -1.29. The maximum absolute atomic E-state index is 11.9. The van der Waals surface area contributed by atoms with Gasteiger partial charge in [-0.2, -0.15) is 0 Å². The third kappa shape index (κ3) is 3.09. The van der Waals surface area contributed by atoms with Gasteiger partial charge in [0.15, 0.2) is 11.5 Å². The predicted octanol–water partition coefficient (Wildman–Crippen LogP) is 1.93. The molecule has 0 spiro atoms. The summed E-state index contributed by atoms with van der Waals surface area (Å²) in [5, 5.41) is 9.09. The first-order valence-corrected chi connectivity index (χ1v) is 4.79. The molecule has 0 aliphatic heterocycles. The first-order chi connectivity index (χ1) is 7.33. The van der Waals surface area contributed by atoms with Gasteiger partial charge in [0.2, 0.25) is 0 Å². The lowest BCUT2D eigenvalue weighted by molar-refractivity contribution is 0.247. The van der Waals surface area contributed by atoms with Crippen molar-refractivity contribution in [3.8, 4) is 11.5 Å². The number of hydrogen-bond acceptors (Lipinski definition) is 3. The van der Waals surface area contributed by atoms with Crippen molar-refractivity contribution < 1.29 is 19.0 Å². The summed E-state index contributed by atoms with van der Waals surface area (Å²) in [6.45, 7) is -0.254. The summed E-state index contributed by atoms with van der Waals surface area (Å²) in [6.07, 6.45) is 0.336. The second-order valence-corrected chi connectivity index (χ2v) is 3.00. The van der Waals surface area contributed by atoms with Crippen molar-refractivity contribution >= 4 is 0 Å². The van der Waals surface area contributed by atoms with Crippen molar-refractivity contribution in [1.82, 2.24) is 0 Å². The van der Waals surface area contributed by atoms with E-state index in [4.69, 9.17) is 14.6 Å². The van der Waals surface area contributed by atoms with E-state index in [1.165, 1.54) is 7.11 Å². The van der Waals surface area contributed by atoms with E-state index in [-0.39, 0.29) is 13.2 Å². The summed E-state index contributed by atoms with van der Waals surface area (Å²) < 4.78 is 22.4. The molecule has 0 fully saturated rings. The van der Waals surface area contributed by atoms with Gasteiger partial charge in [-0.1, -0.05) is 12.1 Å².